The molecule has 4 nitrogen and oxygen atoms in total. The van der Waals surface area contributed by atoms with Crippen LogP contribution < -0.4 is 5.73 Å². The SMILES string of the molecule is C=CCCCN(C)S(=O)(=O)c1ccc(Cl)c(CN)c1. The highest BCUT2D eigenvalue weighted by molar-refractivity contribution is 7.89. The molecule has 0 aliphatic rings. The van der Waals surface area contributed by atoms with Crippen LogP contribution >= 0.6 is 11.6 Å². The largest absolute Gasteiger partial charge is 0.326 e. The molecule has 0 aliphatic heterocycles. The lowest BCUT2D eigenvalue weighted by Crippen LogP contribution is -2.28. The van der Waals surface area contributed by atoms with Gasteiger partial charge in [0.1, 0.15) is 0 Å². The zero-order valence-corrected chi connectivity index (χ0v) is 12.5. The summed E-state index contributed by atoms with van der Waals surface area (Å²) in [5.41, 5.74) is 6.16. The van der Waals surface area contributed by atoms with E-state index in [1.54, 1.807) is 19.2 Å². The van der Waals surface area contributed by atoms with Gasteiger partial charge in [-0.1, -0.05) is 17.7 Å². The number of hydrogen-bond acceptors (Lipinski definition) is 3. The molecule has 6 heteroatoms. The highest BCUT2D eigenvalue weighted by atomic mass is 35.5. The lowest BCUT2D eigenvalue weighted by molar-refractivity contribution is 0.462. The van der Waals surface area contributed by atoms with Gasteiger partial charge < -0.3 is 5.73 Å². The van der Waals surface area contributed by atoms with Crippen molar-refractivity contribution in [3.8, 4) is 0 Å². The molecule has 0 atom stereocenters. The second-order valence-corrected chi connectivity index (χ2v) is 6.67. The molecule has 0 bridgehead atoms. The molecule has 1 aromatic rings. The maximum absolute atomic E-state index is 12.3. The summed E-state index contributed by atoms with van der Waals surface area (Å²) in [4.78, 5) is 0.221. The Hall–Kier alpha value is -0.880. The molecular formula is C13H19ClN2O2S. The fourth-order valence-electron chi connectivity index (χ4n) is 1.63. The highest BCUT2D eigenvalue weighted by Gasteiger charge is 2.20. The molecule has 0 aliphatic carbocycles. The van der Waals surface area contributed by atoms with Crippen molar-refractivity contribution in [2.75, 3.05) is 13.6 Å². The fraction of sp³-hybridized carbons (Fsp3) is 0.385. The van der Waals surface area contributed by atoms with Crippen molar-refractivity contribution in [2.24, 2.45) is 5.73 Å². The minimum absolute atomic E-state index is 0.211. The second-order valence-electron chi connectivity index (χ2n) is 4.21. The Morgan fingerprint density at radius 2 is 2.16 bits per heavy atom. The van der Waals surface area contributed by atoms with Crippen molar-refractivity contribution < 1.29 is 8.42 Å². The van der Waals surface area contributed by atoms with Gasteiger partial charge in [-0.2, -0.15) is 0 Å². The summed E-state index contributed by atoms with van der Waals surface area (Å²) >= 11 is 5.93. The predicted molar refractivity (Wildman–Crippen MR) is 78.6 cm³/mol. The van der Waals surface area contributed by atoms with Gasteiger partial charge in [0.15, 0.2) is 0 Å². The van der Waals surface area contributed by atoms with Gasteiger partial charge in [0, 0.05) is 25.2 Å². The van der Waals surface area contributed by atoms with E-state index >= 15 is 0 Å². The van der Waals surface area contributed by atoms with E-state index in [1.165, 1.54) is 16.4 Å². The Morgan fingerprint density at radius 1 is 1.47 bits per heavy atom. The number of halogens is 1. The zero-order valence-electron chi connectivity index (χ0n) is 11.0. The van der Waals surface area contributed by atoms with E-state index in [-0.39, 0.29) is 11.4 Å². The maximum Gasteiger partial charge on any atom is 0.242 e. The first kappa shape index (κ1) is 16.2. The van der Waals surface area contributed by atoms with Gasteiger partial charge in [0.05, 0.1) is 4.90 Å². The second kappa shape index (κ2) is 7.05. The molecular weight excluding hydrogens is 284 g/mol. The zero-order chi connectivity index (χ0) is 14.5. The quantitative estimate of drug-likeness (QED) is 0.621. The van der Waals surface area contributed by atoms with Crippen molar-refractivity contribution >= 4 is 21.6 Å². The molecule has 0 spiro atoms. The number of unbranched alkanes of at least 4 members (excludes halogenated alkanes) is 1. The first-order valence-corrected chi connectivity index (χ1v) is 7.81. The molecule has 1 rings (SSSR count). The van der Waals surface area contributed by atoms with Gasteiger partial charge in [0.2, 0.25) is 10.0 Å². The molecule has 0 saturated carbocycles. The number of nitrogens with zero attached hydrogens (tertiary/aromatic N) is 1. The Labute approximate surface area is 119 Å². The van der Waals surface area contributed by atoms with E-state index in [2.05, 4.69) is 6.58 Å². The van der Waals surface area contributed by atoms with Crippen LogP contribution in [0.15, 0.2) is 35.7 Å². The Bertz CT molecular complexity index is 544. The fourth-order valence-corrected chi connectivity index (χ4v) is 3.08. The summed E-state index contributed by atoms with van der Waals surface area (Å²) in [6.07, 6.45) is 3.31. The molecule has 0 fully saturated rings. The van der Waals surface area contributed by atoms with Gasteiger partial charge in [-0.15, -0.1) is 6.58 Å². The van der Waals surface area contributed by atoms with Crippen LogP contribution in [0.1, 0.15) is 18.4 Å². The monoisotopic (exact) mass is 302 g/mol. The van der Waals surface area contributed by atoms with E-state index in [0.29, 0.717) is 17.1 Å². The molecule has 19 heavy (non-hydrogen) atoms. The molecule has 0 radical (unpaired) electrons. The van der Waals surface area contributed by atoms with Crippen molar-refractivity contribution in [1.29, 1.82) is 0 Å². The van der Waals surface area contributed by atoms with Crippen molar-refractivity contribution in [3.05, 3.63) is 41.4 Å². The summed E-state index contributed by atoms with van der Waals surface area (Å²) in [5, 5.41) is 0.482. The van der Waals surface area contributed by atoms with Crippen molar-refractivity contribution in [1.82, 2.24) is 4.31 Å². The smallest absolute Gasteiger partial charge is 0.242 e. The maximum atomic E-state index is 12.3. The normalized spacial score (nSPS) is 11.8. The average Bonchev–Trinajstić information content (AvgIpc) is 2.39. The molecule has 1 aromatic carbocycles. The number of allylic oxidation sites excluding steroid dienone is 1. The third-order valence-corrected chi connectivity index (χ3v) is 5.05. The van der Waals surface area contributed by atoms with Crippen LogP contribution in [0.4, 0.5) is 0 Å². The summed E-state index contributed by atoms with van der Waals surface area (Å²) in [7, 11) is -1.92. The number of sulfonamides is 1. The van der Waals surface area contributed by atoms with E-state index in [1.807, 2.05) is 0 Å². The van der Waals surface area contributed by atoms with Gasteiger partial charge in [-0.25, -0.2) is 12.7 Å². The summed E-state index contributed by atoms with van der Waals surface area (Å²) < 4.78 is 26.0. The van der Waals surface area contributed by atoms with Gasteiger partial charge in [-0.05, 0) is 36.6 Å². The molecule has 0 saturated heterocycles. The standard InChI is InChI=1S/C13H19ClN2O2S/c1-3-4-5-8-16(2)19(17,18)12-6-7-13(14)11(9-12)10-15/h3,6-7,9H,1,4-5,8,10,15H2,2H3. The average molecular weight is 303 g/mol. The molecule has 0 unspecified atom stereocenters. The first-order valence-electron chi connectivity index (χ1n) is 5.99. The van der Waals surface area contributed by atoms with Crippen molar-refractivity contribution in [3.63, 3.8) is 0 Å². The number of rotatable bonds is 7. The molecule has 0 amide bonds. The lowest BCUT2D eigenvalue weighted by Gasteiger charge is -2.17. The van der Waals surface area contributed by atoms with Crippen LogP contribution in [0.2, 0.25) is 5.02 Å². The van der Waals surface area contributed by atoms with E-state index < -0.39 is 10.0 Å². The third-order valence-electron chi connectivity index (χ3n) is 2.83. The Morgan fingerprint density at radius 3 is 2.74 bits per heavy atom. The minimum Gasteiger partial charge on any atom is -0.326 e. The topological polar surface area (TPSA) is 63.4 Å². The van der Waals surface area contributed by atoms with E-state index in [4.69, 9.17) is 17.3 Å². The molecule has 0 heterocycles. The first-order chi connectivity index (χ1) is 8.93. The van der Waals surface area contributed by atoms with Crippen LogP contribution in [0.3, 0.4) is 0 Å². The molecule has 0 aromatic heterocycles. The van der Waals surface area contributed by atoms with Crippen molar-refractivity contribution in [2.45, 2.75) is 24.3 Å². The summed E-state index contributed by atoms with van der Waals surface area (Å²) in [5.74, 6) is 0. The highest BCUT2D eigenvalue weighted by Crippen LogP contribution is 2.22. The Kier molecular flexibility index (Phi) is 6.00. The van der Waals surface area contributed by atoms with Crippen LogP contribution in [-0.2, 0) is 16.6 Å². The number of nitrogens with two attached hydrogens (primary N) is 1. The lowest BCUT2D eigenvalue weighted by atomic mass is 10.2. The minimum atomic E-state index is -3.48. The van der Waals surface area contributed by atoms with E-state index in [0.717, 1.165) is 12.8 Å². The van der Waals surface area contributed by atoms with Crippen LogP contribution in [-0.4, -0.2) is 26.3 Å². The van der Waals surface area contributed by atoms with Gasteiger partial charge in [-0.3, -0.25) is 0 Å². The summed E-state index contributed by atoms with van der Waals surface area (Å²) in [6, 6.07) is 4.59. The van der Waals surface area contributed by atoms with Crippen LogP contribution in [0.25, 0.3) is 0 Å². The number of hydrogen-bond donors (Lipinski definition) is 1. The van der Waals surface area contributed by atoms with Gasteiger partial charge in [0.25, 0.3) is 0 Å². The Balaban J connectivity index is 2.96. The molecule has 2 N–H and O–H groups in total. The third kappa shape index (κ3) is 4.04. The summed E-state index contributed by atoms with van der Waals surface area (Å²) in [6.45, 7) is 4.28. The number of benzene rings is 1. The van der Waals surface area contributed by atoms with Crippen LogP contribution in [0.5, 0.6) is 0 Å². The van der Waals surface area contributed by atoms with Crippen LogP contribution in [0, 0.1) is 0 Å². The van der Waals surface area contributed by atoms with Gasteiger partial charge >= 0.3 is 0 Å². The molecule has 106 valence electrons. The van der Waals surface area contributed by atoms with E-state index in [9.17, 15) is 8.42 Å². The predicted octanol–water partition coefficient (Wildman–Crippen LogP) is 2.39.